The van der Waals surface area contributed by atoms with Crippen LogP contribution in [-0.2, 0) is 6.54 Å². The van der Waals surface area contributed by atoms with Crippen molar-refractivity contribution in [2.45, 2.75) is 39.3 Å². The summed E-state index contributed by atoms with van der Waals surface area (Å²) in [5.41, 5.74) is 5.23. The third-order valence-electron chi connectivity index (χ3n) is 3.16. The van der Waals surface area contributed by atoms with Crippen LogP contribution in [0.2, 0.25) is 0 Å². The molecule has 114 valence electrons. The number of thiazole rings is 1. The topological polar surface area (TPSA) is 106 Å². The van der Waals surface area contributed by atoms with E-state index in [-0.39, 0.29) is 17.5 Å². The second-order valence-electron chi connectivity index (χ2n) is 4.76. The molecule has 0 bridgehead atoms. The summed E-state index contributed by atoms with van der Waals surface area (Å²) < 4.78 is 1.39. The van der Waals surface area contributed by atoms with Crippen molar-refractivity contribution in [2.24, 2.45) is 0 Å². The van der Waals surface area contributed by atoms with E-state index >= 15 is 0 Å². The van der Waals surface area contributed by atoms with Crippen LogP contribution in [0.4, 0.5) is 11.5 Å². The molecule has 0 aliphatic heterocycles. The van der Waals surface area contributed by atoms with Crippen LogP contribution < -0.4 is 22.3 Å². The van der Waals surface area contributed by atoms with Crippen LogP contribution in [0.25, 0.3) is 0 Å². The molecular formula is C13H19N5O2S. The van der Waals surface area contributed by atoms with Crippen LogP contribution in [-0.4, -0.2) is 14.5 Å². The van der Waals surface area contributed by atoms with Crippen molar-refractivity contribution in [1.82, 2.24) is 14.5 Å². The molecule has 2 heterocycles. The standard InChI is InChI=1S/C13H19N5O2S/c1-3-4-6-18-10(14)9(11(19)17-13(18)20)16-8(2)12-15-5-7-21-12/h5,7-8,16H,3-4,6,14H2,1-2H3,(H,17,19,20). The summed E-state index contributed by atoms with van der Waals surface area (Å²) in [5.74, 6) is 0.167. The van der Waals surface area contributed by atoms with Gasteiger partial charge in [0.05, 0.1) is 6.04 Å². The smallest absolute Gasteiger partial charge is 0.330 e. The van der Waals surface area contributed by atoms with Gasteiger partial charge in [-0.3, -0.25) is 14.3 Å². The number of nitrogens with two attached hydrogens (primary N) is 1. The predicted octanol–water partition coefficient (Wildman–Crippen LogP) is 1.55. The maximum Gasteiger partial charge on any atom is 0.330 e. The summed E-state index contributed by atoms with van der Waals surface area (Å²) in [6.45, 7) is 4.40. The minimum Gasteiger partial charge on any atom is -0.383 e. The Morgan fingerprint density at radius 3 is 2.90 bits per heavy atom. The minimum atomic E-state index is -0.506. The molecule has 2 aromatic heterocycles. The Kier molecular flexibility index (Phi) is 4.79. The number of aromatic amines is 1. The highest BCUT2D eigenvalue weighted by Gasteiger charge is 2.16. The van der Waals surface area contributed by atoms with Gasteiger partial charge >= 0.3 is 5.69 Å². The van der Waals surface area contributed by atoms with Crippen molar-refractivity contribution in [3.8, 4) is 0 Å². The summed E-state index contributed by atoms with van der Waals surface area (Å²) in [7, 11) is 0. The monoisotopic (exact) mass is 309 g/mol. The molecule has 0 amide bonds. The summed E-state index contributed by atoms with van der Waals surface area (Å²) in [5, 5.41) is 5.76. The van der Waals surface area contributed by atoms with Gasteiger partial charge in [0.15, 0.2) is 0 Å². The maximum absolute atomic E-state index is 12.0. The first-order valence-corrected chi connectivity index (χ1v) is 7.71. The fourth-order valence-corrected chi connectivity index (χ4v) is 2.64. The largest absolute Gasteiger partial charge is 0.383 e. The molecule has 1 unspecified atom stereocenters. The van der Waals surface area contributed by atoms with Crippen molar-refractivity contribution in [3.05, 3.63) is 37.4 Å². The zero-order valence-electron chi connectivity index (χ0n) is 12.0. The third kappa shape index (κ3) is 3.33. The molecule has 0 radical (unpaired) electrons. The maximum atomic E-state index is 12.0. The molecular weight excluding hydrogens is 290 g/mol. The van der Waals surface area contributed by atoms with Crippen molar-refractivity contribution in [2.75, 3.05) is 11.1 Å². The number of H-pyrrole nitrogens is 1. The van der Waals surface area contributed by atoms with E-state index in [2.05, 4.69) is 15.3 Å². The predicted molar refractivity (Wildman–Crippen MR) is 84.8 cm³/mol. The fourth-order valence-electron chi connectivity index (χ4n) is 1.99. The zero-order chi connectivity index (χ0) is 15.4. The minimum absolute atomic E-state index is 0.162. The van der Waals surface area contributed by atoms with Crippen LogP contribution in [0, 0.1) is 0 Å². The number of nitrogens with zero attached hydrogens (tertiary/aromatic N) is 2. The lowest BCUT2D eigenvalue weighted by Gasteiger charge is -2.16. The number of nitrogen functional groups attached to an aromatic ring is 1. The van der Waals surface area contributed by atoms with Crippen molar-refractivity contribution in [1.29, 1.82) is 0 Å². The first kappa shape index (κ1) is 15.3. The first-order chi connectivity index (χ1) is 10.0. The highest BCUT2D eigenvalue weighted by Crippen LogP contribution is 2.21. The van der Waals surface area contributed by atoms with Gasteiger partial charge in [0.25, 0.3) is 5.56 Å². The second-order valence-corrected chi connectivity index (χ2v) is 5.69. The van der Waals surface area contributed by atoms with Crippen LogP contribution in [0.15, 0.2) is 21.2 Å². The third-order valence-corrected chi connectivity index (χ3v) is 4.12. The molecule has 7 nitrogen and oxygen atoms in total. The van der Waals surface area contributed by atoms with Crippen molar-refractivity contribution in [3.63, 3.8) is 0 Å². The van der Waals surface area contributed by atoms with Crippen molar-refractivity contribution < 1.29 is 0 Å². The Balaban J connectivity index is 2.34. The van der Waals surface area contributed by atoms with Crippen LogP contribution in [0.5, 0.6) is 0 Å². The Bertz CT molecular complexity index is 704. The van der Waals surface area contributed by atoms with Gasteiger partial charge in [-0.25, -0.2) is 9.78 Å². The summed E-state index contributed by atoms with van der Waals surface area (Å²) in [4.78, 5) is 30.3. The van der Waals surface area contributed by atoms with Gasteiger partial charge in [-0.05, 0) is 13.3 Å². The molecule has 1 atom stereocenters. The molecule has 4 N–H and O–H groups in total. The number of anilines is 2. The Hall–Kier alpha value is -2.09. The number of hydrogen-bond donors (Lipinski definition) is 3. The van der Waals surface area contributed by atoms with E-state index in [0.29, 0.717) is 6.54 Å². The van der Waals surface area contributed by atoms with Gasteiger partial charge in [-0.15, -0.1) is 11.3 Å². The average molecular weight is 309 g/mol. The molecule has 2 aromatic rings. The molecule has 0 fully saturated rings. The number of rotatable bonds is 6. The zero-order valence-corrected chi connectivity index (χ0v) is 12.9. The fraction of sp³-hybridized carbons (Fsp3) is 0.462. The average Bonchev–Trinajstić information content (AvgIpc) is 2.97. The lowest BCUT2D eigenvalue weighted by molar-refractivity contribution is 0.605. The molecule has 2 rings (SSSR count). The van der Waals surface area contributed by atoms with Gasteiger partial charge in [-0.2, -0.15) is 0 Å². The molecule has 21 heavy (non-hydrogen) atoms. The summed E-state index contributed by atoms with van der Waals surface area (Å²) >= 11 is 1.49. The molecule has 8 heteroatoms. The Morgan fingerprint density at radius 1 is 1.52 bits per heavy atom. The van der Waals surface area contributed by atoms with E-state index in [1.807, 2.05) is 19.2 Å². The van der Waals surface area contributed by atoms with Crippen LogP contribution in [0.3, 0.4) is 0 Å². The Labute approximate surface area is 125 Å². The number of unbranched alkanes of at least 4 members (excludes halogenated alkanes) is 1. The molecule has 0 aliphatic carbocycles. The quantitative estimate of drug-likeness (QED) is 0.750. The van der Waals surface area contributed by atoms with E-state index in [1.165, 1.54) is 15.9 Å². The number of hydrogen-bond acceptors (Lipinski definition) is 6. The molecule has 0 spiro atoms. The molecule has 0 aliphatic rings. The SMILES string of the molecule is CCCCn1c(N)c(NC(C)c2nccs2)c(=O)[nH]c1=O. The van der Waals surface area contributed by atoms with E-state index < -0.39 is 11.2 Å². The lowest BCUT2D eigenvalue weighted by atomic mass is 10.3. The van der Waals surface area contributed by atoms with Gasteiger partial charge < -0.3 is 11.1 Å². The molecule has 0 saturated carbocycles. The van der Waals surface area contributed by atoms with Gasteiger partial charge in [0.2, 0.25) is 0 Å². The van der Waals surface area contributed by atoms with Crippen LogP contribution in [0.1, 0.15) is 37.7 Å². The highest BCUT2D eigenvalue weighted by atomic mass is 32.1. The second kappa shape index (κ2) is 6.57. The van der Waals surface area contributed by atoms with E-state index in [1.54, 1.807) is 6.20 Å². The Morgan fingerprint density at radius 2 is 2.29 bits per heavy atom. The molecule has 0 aromatic carbocycles. The lowest BCUT2D eigenvalue weighted by Crippen LogP contribution is -2.34. The summed E-state index contributed by atoms with van der Waals surface area (Å²) in [6.07, 6.45) is 3.45. The summed E-state index contributed by atoms with van der Waals surface area (Å²) in [6, 6.07) is -0.162. The number of nitrogens with one attached hydrogen (secondary N) is 2. The number of aromatic nitrogens is 3. The molecule has 0 saturated heterocycles. The normalized spacial score (nSPS) is 12.3. The first-order valence-electron chi connectivity index (χ1n) is 6.83. The highest BCUT2D eigenvalue weighted by molar-refractivity contribution is 7.09. The van der Waals surface area contributed by atoms with E-state index in [0.717, 1.165) is 17.8 Å². The van der Waals surface area contributed by atoms with E-state index in [9.17, 15) is 9.59 Å². The van der Waals surface area contributed by atoms with Crippen LogP contribution >= 0.6 is 11.3 Å². The van der Waals surface area contributed by atoms with Gasteiger partial charge in [-0.1, -0.05) is 13.3 Å². The van der Waals surface area contributed by atoms with Crippen molar-refractivity contribution >= 4 is 22.8 Å². The van der Waals surface area contributed by atoms with E-state index in [4.69, 9.17) is 5.73 Å². The van der Waals surface area contributed by atoms with Gasteiger partial charge in [0.1, 0.15) is 16.5 Å². The van der Waals surface area contributed by atoms with Gasteiger partial charge in [0, 0.05) is 18.1 Å².